The first-order valence-electron chi connectivity index (χ1n) is 10.4. The highest BCUT2D eigenvalue weighted by Crippen LogP contribution is 2.36. The Hall–Kier alpha value is -3.43. The van der Waals surface area contributed by atoms with E-state index in [1.165, 1.54) is 6.07 Å². The minimum Gasteiger partial charge on any atom is -0.480 e. The van der Waals surface area contributed by atoms with Gasteiger partial charge in [0.15, 0.2) is 0 Å². The molecule has 1 unspecified atom stereocenters. The number of thiocarbonyl (C=S) groups is 1. The third kappa shape index (κ3) is 5.63. The number of carbonyl (C=O) groups excluding carboxylic acids is 1. The summed E-state index contributed by atoms with van der Waals surface area (Å²) in [7, 11) is 0. The second kappa shape index (κ2) is 10.1. The molecular weight excluding hydrogens is 495 g/mol. The monoisotopic (exact) mass is 513 g/mol. The van der Waals surface area contributed by atoms with Crippen LogP contribution in [0.3, 0.4) is 0 Å². The maximum atomic E-state index is 13.1. The first-order chi connectivity index (χ1) is 16.6. The van der Waals surface area contributed by atoms with E-state index in [-0.39, 0.29) is 15.6 Å². The van der Waals surface area contributed by atoms with Gasteiger partial charge in [-0.15, -0.1) is 0 Å². The summed E-state index contributed by atoms with van der Waals surface area (Å²) in [5.41, 5.74) is 1.68. The third-order valence-corrected chi connectivity index (χ3v) is 6.75. The van der Waals surface area contributed by atoms with Gasteiger partial charge in [0, 0.05) is 6.42 Å². The van der Waals surface area contributed by atoms with Crippen molar-refractivity contribution in [3.8, 4) is 11.1 Å². The number of amides is 1. The van der Waals surface area contributed by atoms with Crippen molar-refractivity contribution in [3.63, 3.8) is 0 Å². The van der Waals surface area contributed by atoms with E-state index in [0.29, 0.717) is 16.7 Å². The molecular formula is C26H18F3NO3S2. The molecule has 35 heavy (non-hydrogen) atoms. The maximum absolute atomic E-state index is 13.1. The summed E-state index contributed by atoms with van der Waals surface area (Å²) in [6.45, 7) is 0. The first kappa shape index (κ1) is 24.7. The number of hydrogen-bond donors (Lipinski definition) is 1. The summed E-state index contributed by atoms with van der Waals surface area (Å²) in [5, 5.41) is 9.76. The number of benzene rings is 3. The normalized spacial score (nSPS) is 16.1. The van der Waals surface area contributed by atoms with Crippen LogP contribution in [0.1, 0.15) is 16.7 Å². The average molecular weight is 514 g/mol. The van der Waals surface area contributed by atoms with Gasteiger partial charge in [-0.05, 0) is 40.5 Å². The second-order valence-electron chi connectivity index (χ2n) is 7.80. The molecule has 1 N–H and O–H groups in total. The Kier molecular flexibility index (Phi) is 7.09. The van der Waals surface area contributed by atoms with Gasteiger partial charge in [-0.2, -0.15) is 13.2 Å². The number of halogens is 3. The summed E-state index contributed by atoms with van der Waals surface area (Å²) in [6.07, 6.45) is -2.72. The number of hydrogen-bond acceptors (Lipinski definition) is 4. The van der Waals surface area contributed by atoms with Crippen LogP contribution >= 0.6 is 24.0 Å². The molecule has 1 saturated heterocycles. The second-order valence-corrected chi connectivity index (χ2v) is 9.47. The van der Waals surface area contributed by atoms with Crippen molar-refractivity contribution in [1.29, 1.82) is 0 Å². The van der Waals surface area contributed by atoms with E-state index in [2.05, 4.69) is 0 Å². The molecule has 0 bridgehead atoms. The zero-order valence-electron chi connectivity index (χ0n) is 18.0. The predicted molar refractivity (Wildman–Crippen MR) is 133 cm³/mol. The van der Waals surface area contributed by atoms with Crippen molar-refractivity contribution in [2.24, 2.45) is 0 Å². The Balaban J connectivity index is 1.55. The van der Waals surface area contributed by atoms with E-state index in [1.54, 1.807) is 60.7 Å². The molecule has 1 atom stereocenters. The number of carbonyl (C=O) groups is 2. The molecule has 1 aliphatic rings. The van der Waals surface area contributed by atoms with Gasteiger partial charge in [0.1, 0.15) is 10.4 Å². The molecule has 1 aliphatic heterocycles. The molecule has 9 heteroatoms. The fourth-order valence-corrected chi connectivity index (χ4v) is 5.03. The number of alkyl halides is 3. The number of rotatable bonds is 6. The van der Waals surface area contributed by atoms with Gasteiger partial charge in [0.2, 0.25) is 0 Å². The number of thioether (sulfide) groups is 1. The van der Waals surface area contributed by atoms with Crippen LogP contribution in [0.15, 0.2) is 83.8 Å². The molecule has 3 aromatic carbocycles. The van der Waals surface area contributed by atoms with E-state index in [0.717, 1.165) is 34.4 Å². The van der Waals surface area contributed by atoms with Gasteiger partial charge in [0.05, 0.1) is 10.5 Å². The lowest BCUT2D eigenvalue weighted by Gasteiger charge is -2.23. The minimum atomic E-state index is -4.43. The number of nitrogens with zero attached hydrogens (tertiary/aromatic N) is 1. The van der Waals surface area contributed by atoms with Gasteiger partial charge in [-0.25, -0.2) is 4.79 Å². The number of aliphatic carboxylic acids is 1. The number of carboxylic acids is 1. The molecule has 1 heterocycles. The Morgan fingerprint density at radius 3 is 2.31 bits per heavy atom. The fourth-order valence-electron chi connectivity index (χ4n) is 3.67. The summed E-state index contributed by atoms with van der Waals surface area (Å²) < 4.78 is 39.2. The molecule has 1 amide bonds. The largest absolute Gasteiger partial charge is 0.480 e. The van der Waals surface area contributed by atoms with Crippen LogP contribution in [0.4, 0.5) is 13.2 Å². The van der Waals surface area contributed by atoms with Crippen LogP contribution in [0.5, 0.6) is 0 Å². The Morgan fingerprint density at radius 2 is 1.69 bits per heavy atom. The maximum Gasteiger partial charge on any atom is 0.416 e. The van der Waals surface area contributed by atoms with E-state index in [1.807, 2.05) is 6.07 Å². The van der Waals surface area contributed by atoms with E-state index in [4.69, 9.17) is 12.2 Å². The lowest BCUT2D eigenvalue weighted by Crippen LogP contribution is -2.45. The van der Waals surface area contributed by atoms with Crippen molar-refractivity contribution in [2.45, 2.75) is 18.6 Å². The van der Waals surface area contributed by atoms with Crippen LogP contribution in [-0.2, 0) is 22.2 Å². The summed E-state index contributed by atoms with van der Waals surface area (Å²) in [4.78, 5) is 26.4. The van der Waals surface area contributed by atoms with Crippen molar-refractivity contribution < 1.29 is 27.9 Å². The van der Waals surface area contributed by atoms with Gasteiger partial charge in [-0.1, -0.05) is 90.7 Å². The molecule has 0 aromatic heterocycles. The first-order valence-corrected chi connectivity index (χ1v) is 11.7. The molecule has 0 spiro atoms. The molecule has 0 aliphatic carbocycles. The van der Waals surface area contributed by atoms with Crippen LogP contribution in [-0.4, -0.2) is 32.2 Å². The molecule has 1 fully saturated rings. The van der Waals surface area contributed by atoms with E-state index >= 15 is 0 Å². The molecule has 3 aromatic rings. The third-order valence-electron chi connectivity index (χ3n) is 5.42. The van der Waals surface area contributed by atoms with Crippen LogP contribution in [0.25, 0.3) is 17.2 Å². The Morgan fingerprint density at radius 1 is 1.00 bits per heavy atom. The van der Waals surface area contributed by atoms with Gasteiger partial charge in [0.25, 0.3) is 5.91 Å². The highest BCUT2D eigenvalue weighted by atomic mass is 32.2. The van der Waals surface area contributed by atoms with E-state index in [9.17, 15) is 27.9 Å². The van der Waals surface area contributed by atoms with Crippen molar-refractivity contribution in [1.82, 2.24) is 4.90 Å². The smallest absolute Gasteiger partial charge is 0.416 e. The molecule has 0 saturated carbocycles. The highest BCUT2D eigenvalue weighted by Gasteiger charge is 2.40. The molecule has 4 rings (SSSR count). The molecule has 0 radical (unpaired) electrons. The summed E-state index contributed by atoms with van der Waals surface area (Å²) in [5.74, 6) is -1.65. The minimum absolute atomic E-state index is 0.113. The lowest BCUT2D eigenvalue weighted by molar-refractivity contribution is -0.145. The van der Waals surface area contributed by atoms with Crippen molar-refractivity contribution in [2.75, 3.05) is 0 Å². The zero-order valence-corrected chi connectivity index (χ0v) is 19.7. The standard InChI is InChI=1S/C26H18F3NO3S2/c27-26(28,29)20-8-4-7-19(15-20)18-11-9-17(10-12-18)14-22-23(31)30(25(34)35-22)21(24(32)33)13-16-5-2-1-3-6-16/h1-12,14-15,21H,13H2,(H,32,33). The molecule has 4 nitrogen and oxygen atoms in total. The highest BCUT2D eigenvalue weighted by molar-refractivity contribution is 8.26. The van der Waals surface area contributed by atoms with Gasteiger partial charge >= 0.3 is 12.1 Å². The zero-order chi connectivity index (χ0) is 25.2. The van der Waals surface area contributed by atoms with E-state index < -0.39 is 29.7 Å². The quantitative estimate of drug-likeness (QED) is 0.311. The van der Waals surface area contributed by atoms with Gasteiger partial charge in [-0.3, -0.25) is 9.69 Å². The predicted octanol–water partition coefficient (Wildman–Crippen LogP) is 6.27. The Bertz CT molecular complexity index is 1310. The fraction of sp³-hybridized carbons (Fsp3) is 0.115. The van der Waals surface area contributed by atoms with Crippen molar-refractivity contribution >= 4 is 46.3 Å². The molecule has 178 valence electrons. The van der Waals surface area contributed by atoms with Gasteiger partial charge < -0.3 is 5.11 Å². The van der Waals surface area contributed by atoms with Crippen LogP contribution < -0.4 is 0 Å². The average Bonchev–Trinajstić information content (AvgIpc) is 3.10. The summed E-state index contributed by atoms with van der Waals surface area (Å²) in [6, 6.07) is 19.6. The van der Waals surface area contributed by atoms with Crippen molar-refractivity contribution in [3.05, 3.63) is 100 Å². The topological polar surface area (TPSA) is 57.6 Å². The summed E-state index contributed by atoms with van der Waals surface area (Å²) >= 11 is 6.34. The SMILES string of the molecule is O=C(O)C(Cc1ccccc1)N1C(=O)C(=Cc2ccc(-c3cccc(C(F)(F)F)c3)cc2)SC1=S. The van der Waals surface area contributed by atoms with Crippen LogP contribution in [0.2, 0.25) is 0 Å². The Labute approximate surface area is 209 Å². The number of carboxylic acid groups (broad SMARTS) is 1. The van der Waals surface area contributed by atoms with Crippen LogP contribution in [0, 0.1) is 0 Å². The lowest BCUT2D eigenvalue weighted by atomic mass is 10.0.